The first-order chi connectivity index (χ1) is 13.8. The van der Waals surface area contributed by atoms with E-state index in [2.05, 4.69) is 10.6 Å². The minimum atomic E-state index is -0.755. The lowest BCUT2D eigenvalue weighted by Crippen LogP contribution is -2.46. The number of nitro benzene ring substituents is 1. The Balaban J connectivity index is 2.00. The average molecular weight is 396 g/mol. The molecule has 1 unspecified atom stereocenters. The molecule has 1 heterocycles. The van der Waals surface area contributed by atoms with Gasteiger partial charge in [-0.05, 0) is 36.8 Å². The Kier molecular flexibility index (Phi) is 5.49. The molecule has 2 aromatic rings. The summed E-state index contributed by atoms with van der Waals surface area (Å²) in [5.74, 6) is 0.0846. The number of rotatable bonds is 5. The highest BCUT2D eigenvalue weighted by Gasteiger charge is 2.34. The van der Waals surface area contributed by atoms with Gasteiger partial charge in [0.05, 0.1) is 29.3 Å². The lowest BCUT2D eigenvalue weighted by atomic mass is 9.94. The maximum Gasteiger partial charge on any atom is 0.322 e. The van der Waals surface area contributed by atoms with Crippen molar-refractivity contribution < 1.29 is 19.2 Å². The molecule has 9 heteroatoms. The number of allylic oxidation sites excluding steroid dienone is 1. The minimum absolute atomic E-state index is 0.0753. The Bertz CT molecular complexity index is 1000. The number of nitrogens with one attached hydrogen (secondary N) is 2. The molecule has 29 heavy (non-hydrogen) atoms. The van der Waals surface area contributed by atoms with Crippen LogP contribution in [0.4, 0.5) is 16.2 Å². The van der Waals surface area contributed by atoms with E-state index in [4.69, 9.17) is 4.74 Å². The van der Waals surface area contributed by atoms with E-state index in [0.717, 1.165) is 0 Å². The van der Waals surface area contributed by atoms with Crippen molar-refractivity contribution in [1.82, 2.24) is 10.2 Å². The first kappa shape index (κ1) is 19.9. The average Bonchev–Trinajstić information content (AvgIpc) is 2.72. The van der Waals surface area contributed by atoms with Crippen molar-refractivity contribution in [3.8, 4) is 5.75 Å². The third-order valence-corrected chi connectivity index (χ3v) is 4.79. The number of para-hydroxylation sites is 2. The quantitative estimate of drug-likeness (QED) is 0.595. The molecular weight excluding hydrogens is 376 g/mol. The van der Waals surface area contributed by atoms with Gasteiger partial charge in [-0.25, -0.2) is 4.79 Å². The number of ether oxygens (including phenoxy) is 1. The van der Waals surface area contributed by atoms with Gasteiger partial charge in [-0.3, -0.25) is 14.9 Å². The van der Waals surface area contributed by atoms with Gasteiger partial charge in [0.15, 0.2) is 0 Å². The van der Waals surface area contributed by atoms with Gasteiger partial charge in [0.2, 0.25) is 0 Å². The Morgan fingerprint density at radius 3 is 2.48 bits per heavy atom. The molecule has 0 bridgehead atoms. The molecule has 0 aliphatic carbocycles. The Labute approximate surface area is 167 Å². The molecule has 0 fully saturated rings. The molecule has 0 saturated carbocycles. The van der Waals surface area contributed by atoms with Crippen LogP contribution in [-0.2, 0) is 4.79 Å². The number of methoxy groups -OCH3 is 1. The summed E-state index contributed by atoms with van der Waals surface area (Å²) < 4.78 is 5.27. The molecule has 2 N–H and O–H groups in total. The topological polar surface area (TPSA) is 114 Å². The van der Waals surface area contributed by atoms with Gasteiger partial charge in [0.25, 0.3) is 11.6 Å². The van der Waals surface area contributed by atoms with Crippen molar-refractivity contribution >= 4 is 23.3 Å². The summed E-state index contributed by atoms with van der Waals surface area (Å²) in [4.78, 5) is 37.2. The maximum atomic E-state index is 13.1. The van der Waals surface area contributed by atoms with Gasteiger partial charge in [0.1, 0.15) is 5.75 Å². The third-order valence-electron chi connectivity index (χ3n) is 4.79. The lowest BCUT2D eigenvalue weighted by molar-refractivity contribution is -0.384. The number of amides is 3. The van der Waals surface area contributed by atoms with Crippen LogP contribution in [0.3, 0.4) is 0 Å². The Hall–Kier alpha value is -3.88. The molecule has 0 aromatic heterocycles. The van der Waals surface area contributed by atoms with E-state index in [0.29, 0.717) is 28.3 Å². The highest BCUT2D eigenvalue weighted by atomic mass is 16.6. The summed E-state index contributed by atoms with van der Waals surface area (Å²) >= 11 is 0. The first-order valence-corrected chi connectivity index (χ1v) is 8.77. The summed E-state index contributed by atoms with van der Waals surface area (Å²) in [6, 6.07) is 11.6. The predicted molar refractivity (Wildman–Crippen MR) is 106 cm³/mol. The number of hydrogen-bond donors (Lipinski definition) is 2. The van der Waals surface area contributed by atoms with Crippen LogP contribution in [0.25, 0.3) is 0 Å². The van der Waals surface area contributed by atoms with Crippen molar-refractivity contribution in [3.63, 3.8) is 0 Å². The standard InChI is InChI=1S/C20H20N4O5/c1-12-17(19(25)21-15-6-4-5-7-16(15)29-3)18(22-20(26)23(12)2)13-8-10-14(11-9-13)24(27)28/h4-11,18H,1-3H3,(H,21,25)(H,22,26). The van der Waals surface area contributed by atoms with Gasteiger partial charge in [-0.15, -0.1) is 0 Å². The summed E-state index contributed by atoms with van der Waals surface area (Å²) in [6.07, 6.45) is 0. The molecule has 0 spiro atoms. The minimum Gasteiger partial charge on any atom is -0.495 e. The van der Waals surface area contributed by atoms with Crippen LogP contribution < -0.4 is 15.4 Å². The molecule has 9 nitrogen and oxygen atoms in total. The van der Waals surface area contributed by atoms with Crippen molar-refractivity contribution in [3.05, 3.63) is 75.5 Å². The molecule has 2 aromatic carbocycles. The predicted octanol–water partition coefficient (Wildman–Crippen LogP) is 3.21. The summed E-state index contributed by atoms with van der Waals surface area (Å²) in [7, 11) is 3.07. The number of carbonyl (C=O) groups is 2. The summed E-state index contributed by atoms with van der Waals surface area (Å²) in [5, 5.41) is 16.5. The third kappa shape index (κ3) is 3.88. The van der Waals surface area contributed by atoms with Crippen LogP contribution in [0.2, 0.25) is 0 Å². The lowest BCUT2D eigenvalue weighted by Gasteiger charge is -2.33. The fourth-order valence-corrected chi connectivity index (χ4v) is 3.11. The van der Waals surface area contributed by atoms with Gasteiger partial charge in [-0.2, -0.15) is 0 Å². The van der Waals surface area contributed by atoms with Crippen LogP contribution >= 0.6 is 0 Å². The van der Waals surface area contributed by atoms with Crippen molar-refractivity contribution in [2.45, 2.75) is 13.0 Å². The van der Waals surface area contributed by atoms with Crippen molar-refractivity contribution in [2.75, 3.05) is 19.5 Å². The molecule has 0 saturated heterocycles. The van der Waals surface area contributed by atoms with E-state index < -0.39 is 16.9 Å². The number of carbonyl (C=O) groups excluding carboxylic acids is 2. The SMILES string of the molecule is COc1ccccc1NC(=O)C1=C(C)N(C)C(=O)NC1c1ccc([N+](=O)[O-])cc1. The summed E-state index contributed by atoms with van der Waals surface area (Å²) in [5.41, 5.74) is 1.77. The van der Waals surface area contributed by atoms with E-state index >= 15 is 0 Å². The van der Waals surface area contributed by atoms with E-state index in [1.165, 1.54) is 36.3 Å². The largest absolute Gasteiger partial charge is 0.495 e. The molecular formula is C20H20N4O5. The van der Waals surface area contributed by atoms with E-state index in [1.54, 1.807) is 38.2 Å². The highest BCUT2D eigenvalue weighted by molar-refractivity contribution is 6.07. The molecule has 3 rings (SSSR count). The van der Waals surface area contributed by atoms with Gasteiger partial charge < -0.3 is 20.3 Å². The zero-order chi connectivity index (χ0) is 21.1. The van der Waals surface area contributed by atoms with Crippen LogP contribution in [0.1, 0.15) is 18.5 Å². The first-order valence-electron chi connectivity index (χ1n) is 8.77. The van der Waals surface area contributed by atoms with Gasteiger partial charge in [0, 0.05) is 24.9 Å². The number of anilines is 1. The second-order valence-corrected chi connectivity index (χ2v) is 6.44. The molecule has 3 amide bonds. The van der Waals surface area contributed by atoms with Crippen LogP contribution in [-0.4, -0.2) is 35.9 Å². The van der Waals surface area contributed by atoms with Crippen LogP contribution in [0.5, 0.6) is 5.75 Å². The Morgan fingerprint density at radius 2 is 1.86 bits per heavy atom. The maximum absolute atomic E-state index is 13.1. The van der Waals surface area contributed by atoms with Crippen molar-refractivity contribution in [1.29, 1.82) is 0 Å². The van der Waals surface area contributed by atoms with Crippen molar-refractivity contribution in [2.24, 2.45) is 0 Å². The van der Waals surface area contributed by atoms with E-state index in [9.17, 15) is 19.7 Å². The van der Waals surface area contributed by atoms with Gasteiger partial charge >= 0.3 is 6.03 Å². The zero-order valence-corrected chi connectivity index (χ0v) is 16.1. The number of nitrogens with zero attached hydrogens (tertiary/aromatic N) is 2. The normalized spacial score (nSPS) is 16.3. The fourth-order valence-electron chi connectivity index (χ4n) is 3.11. The molecule has 0 radical (unpaired) electrons. The zero-order valence-electron chi connectivity index (χ0n) is 16.1. The molecule has 1 aliphatic rings. The molecule has 1 aliphatic heterocycles. The van der Waals surface area contributed by atoms with Gasteiger partial charge in [-0.1, -0.05) is 12.1 Å². The number of benzene rings is 2. The number of non-ortho nitro benzene ring substituents is 1. The Morgan fingerprint density at radius 1 is 1.21 bits per heavy atom. The smallest absolute Gasteiger partial charge is 0.322 e. The molecule has 150 valence electrons. The second kappa shape index (κ2) is 8.01. The summed E-state index contributed by atoms with van der Waals surface area (Å²) in [6.45, 7) is 1.67. The van der Waals surface area contributed by atoms with E-state index in [1.807, 2.05) is 0 Å². The number of nitro groups is 1. The van der Waals surface area contributed by atoms with Crippen LogP contribution in [0, 0.1) is 10.1 Å². The molecule has 1 atom stereocenters. The second-order valence-electron chi connectivity index (χ2n) is 6.44. The van der Waals surface area contributed by atoms with Crippen LogP contribution in [0.15, 0.2) is 59.8 Å². The highest BCUT2D eigenvalue weighted by Crippen LogP contribution is 2.32. The number of hydrogen-bond acceptors (Lipinski definition) is 5. The fraction of sp³-hybridized carbons (Fsp3) is 0.200. The monoisotopic (exact) mass is 396 g/mol. The number of urea groups is 1. The van der Waals surface area contributed by atoms with E-state index in [-0.39, 0.29) is 11.7 Å².